The Morgan fingerprint density at radius 3 is 3.00 bits per heavy atom. The summed E-state index contributed by atoms with van der Waals surface area (Å²) in [7, 11) is 1.68. The van der Waals surface area contributed by atoms with Crippen LogP contribution in [0.4, 0.5) is 0 Å². The van der Waals surface area contributed by atoms with E-state index in [0.717, 1.165) is 18.8 Å². The second kappa shape index (κ2) is 4.64. The van der Waals surface area contributed by atoms with Crippen molar-refractivity contribution >= 4 is 0 Å². The van der Waals surface area contributed by atoms with Crippen LogP contribution in [0, 0.1) is 0 Å². The monoisotopic (exact) mass is 207 g/mol. The van der Waals surface area contributed by atoms with Gasteiger partial charge in [-0.05, 0) is 24.6 Å². The van der Waals surface area contributed by atoms with Crippen molar-refractivity contribution in [2.24, 2.45) is 0 Å². The smallest absolute Gasteiger partial charge is 0.119 e. The molecule has 0 aromatic heterocycles. The zero-order valence-electron chi connectivity index (χ0n) is 9.19. The van der Waals surface area contributed by atoms with Crippen LogP contribution in [0.1, 0.15) is 18.6 Å². The molecule has 0 aliphatic carbocycles. The van der Waals surface area contributed by atoms with Crippen molar-refractivity contribution in [2.75, 3.05) is 20.2 Å². The van der Waals surface area contributed by atoms with Crippen LogP contribution in [0.5, 0.6) is 5.75 Å². The van der Waals surface area contributed by atoms with E-state index in [1.165, 1.54) is 5.56 Å². The molecule has 1 heterocycles. The first-order valence-corrected chi connectivity index (χ1v) is 5.29. The van der Waals surface area contributed by atoms with Gasteiger partial charge >= 0.3 is 0 Å². The van der Waals surface area contributed by atoms with E-state index in [9.17, 15) is 0 Å². The fraction of sp³-hybridized carbons (Fsp3) is 0.500. The molecule has 2 atom stereocenters. The average Bonchev–Trinajstić information content (AvgIpc) is 2.29. The van der Waals surface area contributed by atoms with Crippen LogP contribution >= 0.6 is 0 Å². The molecule has 0 bridgehead atoms. The quantitative estimate of drug-likeness (QED) is 0.801. The number of rotatable bonds is 2. The summed E-state index contributed by atoms with van der Waals surface area (Å²) in [4.78, 5) is 0. The Labute approximate surface area is 90.4 Å². The third-order valence-corrected chi connectivity index (χ3v) is 2.62. The first-order valence-electron chi connectivity index (χ1n) is 5.29. The van der Waals surface area contributed by atoms with Crippen LogP contribution in [0.25, 0.3) is 0 Å². The zero-order valence-corrected chi connectivity index (χ0v) is 9.19. The van der Waals surface area contributed by atoms with Gasteiger partial charge in [0.2, 0.25) is 0 Å². The minimum absolute atomic E-state index is 0.142. The van der Waals surface area contributed by atoms with Gasteiger partial charge in [-0.3, -0.25) is 0 Å². The molecular formula is C12H17NO2. The molecule has 1 saturated heterocycles. The van der Waals surface area contributed by atoms with Crippen LogP contribution in [0.3, 0.4) is 0 Å². The summed E-state index contributed by atoms with van der Waals surface area (Å²) < 4.78 is 11.1. The highest BCUT2D eigenvalue weighted by Gasteiger charge is 2.20. The highest BCUT2D eigenvalue weighted by atomic mass is 16.5. The maximum Gasteiger partial charge on any atom is 0.119 e. The lowest BCUT2D eigenvalue weighted by atomic mass is 10.1. The number of morpholine rings is 1. The lowest BCUT2D eigenvalue weighted by Crippen LogP contribution is -2.38. The summed E-state index contributed by atoms with van der Waals surface area (Å²) in [5.41, 5.74) is 1.17. The summed E-state index contributed by atoms with van der Waals surface area (Å²) in [6, 6.07) is 8.05. The normalized spacial score (nSPS) is 26.3. The summed E-state index contributed by atoms with van der Waals surface area (Å²) in [5.74, 6) is 0.884. The number of ether oxygens (including phenoxy) is 2. The van der Waals surface area contributed by atoms with Crippen molar-refractivity contribution in [3.8, 4) is 5.75 Å². The second-order valence-corrected chi connectivity index (χ2v) is 3.87. The van der Waals surface area contributed by atoms with Crippen LogP contribution in [-0.4, -0.2) is 26.3 Å². The van der Waals surface area contributed by atoms with E-state index in [0.29, 0.717) is 0 Å². The summed E-state index contributed by atoms with van der Waals surface area (Å²) in [5, 5.41) is 3.35. The Hall–Kier alpha value is -1.06. The maximum absolute atomic E-state index is 5.85. The first-order chi connectivity index (χ1) is 7.29. The van der Waals surface area contributed by atoms with E-state index in [-0.39, 0.29) is 12.2 Å². The van der Waals surface area contributed by atoms with Gasteiger partial charge in [0.1, 0.15) is 5.75 Å². The van der Waals surface area contributed by atoms with E-state index in [1.807, 2.05) is 18.2 Å². The molecule has 1 aromatic rings. The van der Waals surface area contributed by atoms with E-state index < -0.39 is 0 Å². The molecule has 15 heavy (non-hydrogen) atoms. The van der Waals surface area contributed by atoms with Crippen LogP contribution in [0.15, 0.2) is 24.3 Å². The van der Waals surface area contributed by atoms with Crippen LogP contribution in [-0.2, 0) is 4.74 Å². The van der Waals surface area contributed by atoms with Crippen molar-refractivity contribution in [3.05, 3.63) is 29.8 Å². The Kier molecular flexibility index (Phi) is 3.23. The second-order valence-electron chi connectivity index (χ2n) is 3.87. The average molecular weight is 207 g/mol. The number of nitrogens with one attached hydrogen (secondary N) is 1. The molecule has 1 aliphatic heterocycles. The molecule has 0 spiro atoms. The maximum atomic E-state index is 5.85. The lowest BCUT2D eigenvalue weighted by Gasteiger charge is -2.29. The number of hydrogen-bond donors (Lipinski definition) is 1. The van der Waals surface area contributed by atoms with E-state index in [4.69, 9.17) is 9.47 Å². The topological polar surface area (TPSA) is 30.5 Å². The molecule has 82 valence electrons. The molecule has 0 amide bonds. The number of benzene rings is 1. The number of hydrogen-bond acceptors (Lipinski definition) is 3. The Morgan fingerprint density at radius 2 is 2.27 bits per heavy atom. The fourth-order valence-electron chi connectivity index (χ4n) is 1.83. The molecule has 2 rings (SSSR count). The van der Waals surface area contributed by atoms with Crippen LogP contribution in [0.2, 0.25) is 0 Å². The van der Waals surface area contributed by atoms with E-state index >= 15 is 0 Å². The van der Waals surface area contributed by atoms with E-state index in [1.54, 1.807) is 7.11 Å². The third kappa shape index (κ3) is 2.49. The molecule has 1 N–H and O–H groups in total. The van der Waals surface area contributed by atoms with Gasteiger partial charge in [-0.25, -0.2) is 0 Å². The van der Waals surface area contributed by atoms with Gasteiger partial charge in [0, 0.05) is 13.1 Å². The van der Waals surface area contributed by atoms with Crippen molar-refractivity contribution in [1.82, 2.24) is 5.32 Å². The van der Waals surface area contributed by atoms with Crippen molar-refractivity contribution in [3.63, 3.8) is 0 Å². The highest BCUT2D eigenvalue weighted by Crippen LogP contribution is 2.24. The van der Waals surface area contributed by atoms with Gasteiger partial charge in [0.25, 0.3) is 0 Å². The van der Waals surface area contributed by atoms with Crippen molar-refractivity contribution < 1.29 is 9.47 Å². The molecule has 1 aromatic carbocycles. The van der Waals surface area contributed by atoms with Crippen molar-refractivity contribution in [1.29, 1.82) is 0 Å². The Balaban J connectivity index is 2.13. The summed E-state index contributed by atoms with van der Waals surface area (Å²) in [6.45, 7) is 3.89. The fourth-order valence-corrected chi connectivity index (χ4v) is 1.83. The van der Waals surface area contributed by atoms with Gasteiger partial charge in [-0.2, -0.15) is 0 Å². The van der Waals surface area contributed by atoms with Crippen molar-refractivity contribution in [2.45, 2.75) is 19.1 Å². The molecule has 3 heteroatoms. The number of methoxy groups -OCH3 is 1. The largest absolute Gasteiger partial charge is 0.497 e. The SMILES string of the molecule is COc1cccc([C@@H]2CNC[C@H](C)O2)c1. The first kappa shape index (κ1) is 10.5. The highest BCUT2D eigenvalue weighted by molar-refractivity contribution is 5.30. The lowest BCUT2D eigenvalue weighted by molar-refractivity contribution is -0.0287. The molecule has 0 unspecified atom stereocenters. The third-order valence-electron chi connectivity index (χ3n) is 2.62. The molecule has 3 nitrogen and oxygen atoms in total. The molecular weight excluding hydrogens is 190 g/mol. The minimum Gasteiger partial charge on any atom is -0.497 e. The summed E-state index contributed by atoms with van der Waals surface area (Å²) >= 11 is 0. The summed E-state index contributed by atoms with van der Waals surface area (Å²) in [6.07, 6.45) is 0.416. The molecule has 0 saturated carbocycles. The standard InChI is InChI=1S/C12H17NO2/c1-9-7-13-8-12(15-9)10-4-3-5-11(6-10)14-2/h3-6,9,12-13H,7-8H2,1-2H3/t9-,12-/m0/s1. The minimum atomic E-state index is 0.142. The van der Waals surface area contributed by atoms with Gasteiger partial charge in [0.15, 0.2) is 0 Å². The zero-order chi connectivity index (χ0) is 10.7. The molecule has 1 fully saturated rings. The molecule has 0 radical (unpaired) electrons. The van der Waals surface area contributed by atoms with Crippen LogP contribution < -0.4 is 10.1 Å². The van der Waals surface area contributed by atoms with Gasteiger partial charge in [0.05, 0.1) is 19.3 Å². The Bertz CT molecular complexity index is 327. The predicted molar refractivity (Wildman–Crippen MR) is 59.2 cm³/mol. The molecule has 1 aliphatic rings. The Morgan fingerprint density at radius 1 is 1.40 bits per heavy atom. The van der Waals surface area contributed by atoms with E-state index in [2.05, 4.69) is 18.3 Å². The predicted octanol–water partition coefficient (Wildman–Crippen LogP) is 1.74. The van der Waals surface area contributed by atoms with Gasteiger partial charge in [-0.15, -0.1) is 0 Å². The van der Waals surface area contributed by atoms with Gasteiger partial charge < -0.3 is 14.8 Å². The van der Waals surface area contributed by atoms with Gasteiger partial charge in [-0.1, -0.05) is 12.1 Å².